The molecule has 0 aliphatic rings. The maximum Gasteiger partial charge on any atom is 0.272 e. The molecule has 0 saturated heterocycles. The molecule has 0 aliphatic carbocycles. The van der Waals surface area contributed by atoms with Crippen LogP contribution in [0.1, 0.15) is 22.8 Å². The zero-order valence-corrected chi connectivity index (χ0v) is 28.0. The number of nitrogens with zero attached hydrogens (tertiary/aromatic N) is 1. The molecule has 46 heavy (non-hydrogen) atoms. The molecule has 7 nitrogen and oxygen atoms in total. The summed E-state index contributed by atoms with van der Waals surface area (Å²) in [6.45, 7) is 1.79. The predicted octanol–water partition coefficient (Wildman–Crippen LogP) is 9.30. The Morgan fingerprint density at radius 3 is 2.28 bits per heavy atom. The van der Waals surface area contributed by atoms with Gasteiger partial charge in [0, 0.05) is 37.1 Å². The number of thioether (sulfide) groups is 1. The van der Waals surface area contributed by atoms with Crippen LogP contribution in [0.3, 0.4) is 0 Å². The van der Waals surface area contributed by atoms with Crippen LogP contribution in [0, 0.1) is 0 Å². The number of thiazole rings is 1. The molecular formula is C34H25Cl3N4O3S2. The molecule has 0 spiro atoms. The Bertz CT molecular complexity index is 1910. The van der Waals surface area contributed by atoms with Gasteiger partial charge in [0.15, 0.2) is 5.13 Å². The number of carbonyl (C=O) groups is 3. The van der Waals surface area contributed by atoms with E-state index < -0.39 is 17.1 Å². The van der Waals surface area contributed by atoms with Gasteiger partial charge in [0.05, 0.1) is 16.0 Å². The van der Waals surface area contributed by atoms with Crippen LogP contribution in [0.15, 0.2) is 113 Å². The van der Waals surface area contributed by atoms with E-state index in [0.717, 1.165) is 10.5 Å². The minimum Gasteiger partial charge on any atom is -0.321 e. The lowest BCUT2D eigenvalue weighted by Crippen LogP contribution is -2.30. The van der Waals surface area contributed by atoms with E-state index in [-0.39, 0.29) is 11.6 Å². The molecule has 1 unspecified atom stereocenters. The monoisotopic (exact) mass is 706 g/mol. The van der Waals surface area contributed by atoms with Crippen LogP contribution in [0.2, 0.25) is 15.1 Å². The molecule has 5 rings (SSSR count). The Labute approximate surface area is 289 Å². The van der Waals surface area contributed by atoms with Gasteiger partial charge in [-0.1, -0.05) is 71.2 Å². The standard InChI is InChI=1S/C34H25Cl3N4O3S2/c1-20(31(42)41-34-40-30(19-45-34)26-16-11-23(35)18-28(26)37)46-25-14-12-24(13-15-25)38-33(44)29(17-22-9-5-6-10-27(22)36)39-32(43)21-7-3-2-4-8-21/h2-20H,1H3,(H,38,44)(H,39,43)(H,40,41,42)/b29-17-. The molecule has 3 N–H and O–H groups in total. The second-order valence-electron chi connectivity index (χ2n) is 9.79. The van der Waals surface area contributed by atoms with Crippen molar-refractivity contribution in [2.75, 3.05) is 10.6 Å². The molecule has 0 fully saturated rings. The van der Waals surface area contributed by atoms with Crippen molar-refractivity contribution in [1.29, 1.82) is 0 Å². The Balaban J connectivity index is 1.22. The summed E-state index contributed by atoms with van der Waals surface area (Å²) in [6, 6.07) is 27.8. The van der Waals surface area contributed by atoms with Crippen molar-refractivity contribution in [1.82, 2.24) is 10.3 Å². The molecule has 3 amide bonds. The van der Waals surface area contributed by atoms with Gasteiger partial charge >= 0.3 is 0 Å². The summed E-state index contributed by atoms with van der Waals surface area (Å²) in [5, 5.41) is 11.6. The normalized spacial score (nSPS) is 11.9. The fourth-order valence-corrected chi connectivity index (χ4v) is 6.40. The van der Waals surface area contributed by atoms with E-state index >= 15 is 0 Å². The third kappa shape index (κ3) is 8.78. The number of aromatic nitrogens is 1. The van der Waals surface area contributed by atoms with E-state index in [1.54, 1.807) is 104 Å². The van der Waals surface area contributed by atoms with Gasteiger partial charge in [-0.2, -0.15) is 0 Å². The van der Waals surface area contributed by atoms with Gasteiger partial charge < -0.3 is 16.0 Å². The van der Waals surface area contributed by atoms with Gasteiger partial charge in [0.25, 0.3) is 11.8 Å². The van der Waals surface area contributed by atoms with E-state index in [1.165, 1.54) is 29.2 Å². The number of halogens is 3. The first-order chi connectivity index (χ1) is 22.2. The lowest BCUT2D eigenvalue weighted by molar-refractivity contribution is -0.115. The minimum absolute atomic E-state index is 0.0226. The maximum atomic E-state index is 13.3. The van der Waals surface area contributed by atoms with Crippen LogP contribution in [0.25, 0.3) is 17.3 Å². The minimum atomic E-state index is -0.528. The summed E-state index contributed by atoms with van der Waals surface area (Å²) in [4.78, 5) is 44.4. The molecule has 0 bridgehead atoms. The lowest BCUT2D eigenvalue weighted by Gasteiger charge is -2.13. The van der Waals surface area contributed by atoms with Crippen molar-refractivity contribution in [2.24, 2.45) is 0 Å². The fraction of sp³-hybridized carbons (Fsp3) is 0.0588. The second kappa shape index (κ2) is 15.4. The molecular weight excluding hydrogens is 683 g/mol. The molecule has 1 aromatic heterocycles. The predicted molar refractivity (Wildman–Crippen MR) is 190 cm³/mol. The van der Waals surface area contributed by atoms with E-state index in [1.807, 2.05) is 5.38 Å². The van der Waals surface area contributed by atoms with Gasteiger partial charge in [-0.15, -0.1) is 23.1 Å². The van der Waals surface area contributed by atoms with Gasteiger partial charge in [-0.05, 0) is 79.2 Å². The number of carbonyl (C=O) groups excluding carboxylic acids is 3. The summed E-state index contributed by atoms with van der Waals surface area (Å²) in [7, 11) is 0. The van der Waals surface area contributed by atoms with E-state index in [4.69, 9.17) is 34.8 Å². The number of benzene rings is 4. The maximum absolute atomic E-state index is 13.3. The van der Waals surface area contributed by atoms with Crippen LogP contribution >= 0.6 is 57.9 Å². The number of nitrogens with one attached hydrogen (secondary N) is 3. The van der Waals surface area contributed by atoms with Gasteiger partial charge in [0.1, 0.15) is 5.70 Å². The highest BCUT2D eigenvalue weighted by molar-refractivity contribution is 8.00. The Morgan fingerprint density at radius 2 is 1.57 bits per heavy atom. The quantitative estimate of drug-likeness (QED) is 0.0993. The number of anilines is 2. The van der Waals surface area contributed by atoms with Crippen molar-refractivity contribution in [3.05, 3.63) is 134 Å². The molecule has 0 aliphatic heterocycles. The first-order valence-electron chi connectivity index (χ1n) is 13.8. The Hall–Kier alpha value is -4.12. The van der Waals surface area contributed by atoms with E-state index in [0.29, 0.717) is 42.7 Å². The van der Waals surface area contributed by atoms with Gasteiger partial charge in [-0.3, -0.25) is 14.4 Å². The topological polar surface area (TPSA) is 100 Å². The summed E-state index contributed by atoms with van der Waals surface area (Å²) >= 11 is 21.3. The van der Waals surface area contributed by atoms with Crippen LogP contribution in [-0.2, 0) is 9.59 Å². The van der Waals surface area contributed by atoms with Crippen molar-refractivity contribution < 1.29 is 14.4 Å². The van der Waals surface area contributed by atoms with Crippen molar-refractivity contribution in [3.8, 4) is 11.3 Å². The van der Waals surface area contributed by atoms with Crippen molar-refractivity contribution in [3.63, 3.8) is 0 Å². The third-order valence-corrected chi connectivity index (χ3v) is 9.23. The first kappa shape index (κ1) is 33.2. The number of amides is 3. The SMILES string of the molecule is CC(Sc1ccc(NC(=O)/C(=C/c2ccccc2Cl)NC(=O)c2ccccc2)cc1)C(=O)Nc1nc(-c2ccc(Cl)cc2Cl)cs1. The van der Waals surface area contributed by atoms with Crippen LogP contribution in [0.4, 0.5) is 10.8 Å². The van der Waals surface area contributed by atoms with Gasteiger partial charge in [-0.25, -0.2) is 4.98 Å². The number of hydrogen-bond acceptors (Lipinski definition) is 6. The van der Waals surface area contributed by atoms with Gasteiger partial charge in [0.2, 0.25) is 5.91 Å². The number of rotatable bonds is 10. The second-order valence-corrected chi connectivity index (χ2v) is 13.3. The molecule has 1 heterocycles. The molecule has 12 heteroatoms. The van der Waals surface area contributed by atoms with E-state index in [9.17, 15) is 14.4 Å². The molecule has 0 radical (unpaired) electrons. The third-order valence-electron chi connectivity index (χ3n) is 6.47. The Kier molecular flexibility index (Phi) is 11.2. The van der Waals surface area contributed by atoms with Crippen molar-refractivity contribution >= 4 is 92.5 Å². The Morgan fingerprint density at radius 1 is 0.848 bits per heavy atom. The average Bonchev–Trinajstić information content (AvgIpc) is 3.50. The zero-order chi connectivity index (χ0) is 32.6. The summed E-state index contributed by atoms with van der Waals surface area (Å²) < 4.78 is 0. The van der Waals surface area contributed by atoms with Crippen LogP contribution < -0.4 is 16.0 Å². The largest absolute Gasteiger partial charge is 0.321 e. The highest BCUT2D eigenvalue weighted by atomic mass is 35.5. The average molecular weight is 708 g/mol. The van der Waals surface area contributed by atoms with Crippen molar-refractivity contribution in [2.45, 2.75) is 17.1 Å². The smallest absolute Gasteiger partial charge is 0.272 e. The molecule has 1 atom stereocenters. The molecule has 4 aromatic carbocycles. The summed E-state index contributed by atoms with van der Waals surface area (Å²) in [6.07, 6.45) is 1.53. The molecule has 232 valence electrons. The van der Waals surface area contributed by atoms with E-state index in [2.05, 4.69) is 20.9 Å². The summed E-state index contributed by atoms with van der Waals surface area (Å²) in [5.74, 6) is -1.18. The zero-order valence-electron chi connectivity index (χ0n) is 24.1. The highest BCUT2D eigenvalue weighted by Gasteiger charge is 2.19. The van der Waals surface area contributed by atoms with Crippen LogP contribution in [0.5, 0.6) is 0 Å². The summed E-state index contributed by atoms with van der Waals surface area (Å²) in [5.41, 5.74) is 2.87. The fourth-order valence-electron chi connectivity index (χ4n) is 4.12. The molecule has 5 aromatic rings. The number of hydrogen-bond donors (Lipinski definition) is 3. The first-order valence-corrected chi connectivity index (χ1v) is 16.7. The molecule has 0 saturated carbocycles. The van der Waals surface area contributed by atoms with Crippen LogP contribution in [-0.4, -0.2) is 28.0 Å². The lowest BCUT2D eigenvalue weighted by atomic mass is 10.1. The highest BCUT2D eigenvalue weighted by Crippen LogP contribution is 2.33.